The summed E-state index contributed by atoms with van der Waals surface area (Å²) in [6, 6.07) is 8.95. The smallest absolute Gasteiger partial charge is 0.0568 e. The molecule has 2 aliphatic rings. The molecule has 2 aliphatic carbocycles. The van der Waals surface area contributed by atoms with Crippen LogP contribution in [0.5, 0.6) is 0 Å². The van der Waals surface area contributed by atoms with E-state index in [1.807, 2.05) is 0 Å². The van der Waals surface area contributed by atoms with Crippen molar-refractivity contribution >= 4 is 0 Å². The summed E-state index contributed by atoms with van der Waals surface area (Å²) in [6.07, 6.45) is 8.47. The number of rotatable bonds is 2. The highest BCUT2D eigenvalue weighted by Gasteiger charge is 2.31. The van der Waals surface area contributed by atoms with Crippen LogP contribution < -0.4 is 0 Å². The van der Waals surface area contributed by atoms with Crippen LogP contribution in [0, 0.1) is 11.8 Å². The minimum atomic E-state index is -0.0507. The summed E-state index contributed by atoms with van der Waals surface area (Å²) in [7, 11) is 0. The third kappa shape index (κ3) is 2.86. The Morgan fingerprint density at radius 2 is 2.00 bits per heavy atom. The molecule has 104 valence electrons. The minimum Gasteiger partial charge on any atom is -0.393 e. The summed E-state index contributed by atoms with van der Waals surface area (Å²) in [5, 5.41) is 10.3. The van der Waals surface area contributed by atoms with Crippen molar-refractivity contribution in [2.45, 2.75) is 63.9 Å². The van der Waals surface area contributed by atoms with Crippen molar-refractivity contribution in [2.24, 2.45) is 11.8 Å². The number of aliphatic hydroxyl groups excluding tert-OH is 1. The van der Waals surface area contributed by atoms with Crippen LogP contribution in [0.15, 0.2) is 24.3 Å². The average Bonchev–Trinajstić information content (AvgIpc) is 2.43. The van der Waals surface area contributed by atoms with Crippen LogP contribution in [-0.2, 0) is 6.42 Å². The first-order valence-electron chi connectivity index (χ1n) is 8.00. The number of fused-ring (bicyclic) bond motifs is 1. The number of hydrogen-bond donors (Lipinski definition) is 1. The van der Waals surface area contributed by atoms with Gasteiger partial charge in [0.2, 0.25) is 0 Å². The van der Waals surface area contributed by atoms with E-state index in [9.17, 15) is 5.11 Å². The van der Waals surface area contributed by atoms with Crippen molar-refractivity contribution in [2.75, 3.05) is 0 Å². The van der Waals surface area contributed by atoms with Crippen LogP contribution in [0.2, 0.25) is 0 Å². The Bertz CT molecular complexity index is 425. The van der Waals surface area contributed by atoms with E-state index in [1.165, 1.54) is 38.5 Å². The lowest BCUT2D eigenvalue weighted by atomic mass is 9.72. The number of benzene rings is 1. The summed E-state index contributed by atoms with van der Waals surface area (Å²) < 4.78 is 0. The van der Waals surface area contributed by atoms with E-state index in [-0.39, 0.29) is 6.10 Å². The Labute approximate surface area is 117 Å². The molecule has 1 N–H and O–H groups in total. The molecule has 1 heteroatoms. The van der Waals surface area contributed by atoms with E-state index < -0.39 is 0 Å². The molecule has 1 nitrogen and oxygen atoms in total. The average molecular weight is 258 g/mol. The predicted octanol–water partition coefficient (Wildman–Crippen LogP) is 4.29. The van der Waals surface area contributed by atoms with Crippen LogP contribution in [0.4, 0.5) is 0 Å². The maximum absolute atomic E-state index is 10.3. The maximum Gasteiger partial charge on any atom is 0.0568 e. The third-order valence-corrected chi connectivity index (χ3v) is 5.29. The quantitative estimate of drug-likeness (QED) is 0.839. The molecule has 1 fully saturated rings. The molecule has 19 heavy (non-hydrogen) atoms. The zero-order chi connectivity index (χ0) is 13.2. The SMILES string of the molecule is CC1CCC(O)C(CC2CCCc3ccccc32)C1. The predicted molar refractivity (Wildman–Crippen MR) is 79.2 cm³/mol. The van der Waals surface area contributed by atoms with Gasteiger partial charge in [0.25, 0.3) is 0 Å². The van der Waals surface area contributed by atoms with Gasteiger partial charge in [-0.1, -0.05) is 31.2 Å². The summed E-state index contributed by atoms with van der Waals surface area (Å²) in [5.41, 5.74) is 3.12. The normalized spacial score (nSPS) is 34.8. The molecule has 0 aliphatic heterocycles. The van der Waals surface area contributed by atoms with Crippen LogP contribution in [0.3, 0.4) is 0 Å². The zero-order valence-electron chi connectivity index (χ0n) is 12.0. The fourth-order valence-electron chi connectivity index (χ4n) is 4.20. The minimum absolute atomic E-state index is 0.0507. The molecule has 1 saturated carbocycles. The Balaban J connectivity index is 1.73. The second-order valence-electron chi connectivity index (χ2n) is 6.77. The molecular weight excluding hydrogens is 232 g/mol. The largest absolute Gasteiger partial charge is 0.393 e. The molecule has 4 unspecified atom stereocenters. The van der Waals surface area contributed by atoms with Gasteiger partial charge >= 0.3 is 0 Å². The van der Waals surface area contributed by atoms with Crippen molar-refractivity contribution in [1.29, 1.82) is 0 Å². The molecule has 0 aromatic heterocycles. The Morgan fingerprint density at radius 3 is 2.89 bits per heavy atom. The molecule has 0 heterocycles. The zero-order valence-corrected chi connectivity index (χ0v) is 12.0. The first-order valence-corrected chi connectivity index (χ1v) is 8.00. The van der Waals surface area contributed by atoms with Gasteiger partial charge < -0.3 is 5.11 Å². The summed E-state index contributed by atoms with van der Waals surface area (Å²) >= 11 is 0. The van der Waals surface area contributed by atoms with Gasteiger partial charge in [-0.05, 0) is 73.8 Å². The summed E-state index contributed by atoms with van der Waals surface area (Å²) in [6.45, 7) is 2.34. The van der Waals surface area contributed by atoms with Crippen molar-refractivity contribution in [3.8, 4) is 0 Å². The molecule has 4 atom stereocenters. The van der Waals surface area contributed by atoms with Gasteiger partial charge in [-0.15, -0.1) is 0 Å². The fraction of sp³-hybridized carbons (Fsp3) is 0.667. The first-order chi connectivity index (χ1) is 9.24. The molecule has 0 bridgehead atoms. The Hall–Kier alpha value is -0.820. The van der Waals surface area contributed by atoms with Crippen molar-refractivity contribution in [3.05, 3.63) is 35.4 Å². The highest BCUT2D eigenvalue weighted by Crippen LogP contribution is 2.40. The van der Waals surface area contributed by atoms with E-state index in [0.29, 0.717) is 11.8 Å². The summed E-state index contributed by atoms with van der Waals surface area (Å²) in [5.74, 6) is 2.02. The molecule has 1 aromatic rings. The second kappa shape index (κ2) is 5.66. The van der Waals surface area contributed by atoms with Gasteiger partial charge in [-0.25, -0.2) is 0 Å². The van der Waals surface area contributed by atoms with E-state index in [4.69, 9.17) is 0 Å². The number of hydrogen-bond acceptors (Lipinski definition) is 1. The highest BCUT2D eigenvalue weighted by molar-refractivity contribution is 5.32. The Morgan fingerprint density at radius 1 is 1.16 bits per heavy atom. The molecule has 3 rings (SSSR count). The van der Waals surface area contributed by atoms with Gasteiger partial charge in [0.15, 0.2) is 0 Å². The summed E-state index contributed by atoms with van der Waals surface area (Å²) in [4.78, 5) is 0. The molecule has 0 spiro atoms. The van der Waals surface area contributed by atoms with Crippen LogP contribution >= 0.6 is 0 Å². The van der Waals surface area contributed by atoms with Crippen LogP contribution in [0.25, 0.3) is 0 Å². The van der Waals surface area contributed by atoms with Gasteiger partial charge in [0.1, 0.15) is 0 Å². The lowest BCUT2D eigenvalue weighted by Crippen LogP contribution is -2.30. The van der Waals surface area contributed by atoms with Gasteiger partial charge in [-0.3, -0.25) is 0 Å². The van der Waals surface area contributed by atoms with Crippen LogP contribution in [-0.4, -0.2) is 11.2 Å². The highest BCUT2D eigenvalue weighted by atomic mass is 16.3. The van der Waals surface area contributed by atoms with Gasteiger partial charge in [0.05, 0.1) is 6.10 Å². The maximum atomic E-state index is 10.3. The Kier molecular flexibility index (Phi) is 3.93. The van der Waals surface area contributed by atoms with Crippen LogP contribution in [0.1, 0.15) is 62.5 Å². The molecular formula is C18H26O. The molecule has 0 amide bonds. The first kappa shape index (κ1) is 13.2. The number of aliphatic hydroxyl groups is 1. The monoisotopic (exact) mass is 258 g/mol. The second-order valence-corrected chi connectivity index (χ2v) is 6.77. The van der Waals surface area contributed by atoms with E-state index in [0.717, 1.165) is 12.3 Å². The lowest BCUT2D eigenvalue weighted by molar-refractivity contribution is 0.0427. The fourth-order valence-corrected chi connectivity index (χ4v) is 4.20. The van der Waals surface area contributed by atoms with E-state index in [1.54, 1.807) is 11.1 Å². The van der Waals surface area contributed by atoms with Crippen molar-refractivity contribution < 1.29 is 5.11 Å². The lowest BCUT2D eigenvalue weighted by Gasteiger charge is -2.35. The molecule has 1 aromatic carbocycles. The van der Waals surface area contributed by atoms with E-state index >= 15 is 0 Å². The molecule has 0 saturated heterocycles. The topological polar surface area (TPSA) is 20.2 Å². The number of aryl methyl sites for hydroxylation is 1. The van der Waals surface area contributed by atoms with E-state index in [2.05, 4.69) is 31.2 Å². The van der Waals surface area contributed by atoms with Crippen molar-refractivity contribution in [3.63, 3.8) is 0 Å². The third-order valence-electron chi connectivity index (χ3n) is 5.29. The van der Waals surface area contributed by atoms with Gasteiger partial charge in [0, 0.05) is 0 Å². The molecule has 0 radical (unpaired) electrons. The van der Waals surface area contributed by atoms with Crippen molar-refractivity contribution in [1.82, 2.24) is 0 Å². The van der Waals surface area contributed by atoms with Gasteiger partial charge in [-0.2, -0.15) is 0 Å². The standard InChI is InChI=1S/C18H26O/c1-13-9-10-18(19)16(11-13)12-15-7-4-6-14-5-2-3-8-17(14)15/h2-3,5,8,13,15-16,18-19H,4,6-7,9-12H2,1H3.